The van der Waals surface area contributed by atoms with Crippen LogP contribution in [0.4, 0.5) is 11.4 Å². The lowest BCUT2D eigenvalue weighted by Gasteiger charge is -2.20. The van der Waals surface area contributed by atoms with E-state index in [1.54, 1.807) is 0 Å². The largest absolute Gasteiger partial charge is 0.372 e. The maximum Gasteiger partial charge on any atom is 0.0647 e. The van der Waals surface area contributed by atoms with Crippen LogP contribution in [0.25, 0.3) is 12.2 Å². The summed E-state index contributed by atoms with van der Waals surface area (Å²) in [7, 11) is 0. The minimum atomic E-state index is 0.173. The predicted molar refractivity (Wildman–Crippen MR) is 136 cm³/mol. The number of rotatable bonds is 10. The van der Waals surface area contributed by atoms with Gasteiger partial charge < -0.3 is 15.2 Å². The number of nitrogens with zero attached hydrogens (tertiary/aromatic N) is 2. The van der Waals surface area contributed by atoms with Crippen LogP contribution in [0.3, 0.4) is 0 Å². The summed E-state index contributed by atoms with van der Waals surface area (Å²) < 4.78 is 0. The summed E-state index contributed by atoms with van der Waals surface area (Å²) in [5.74, 6) is 0. The molecule has 0 aromatic heterocycles. The molecule has 0 saturated heterocycles. The van der Waals surface area contributed by atoms with E-state index in [9.17, 15) is 0 Å². The van der Waals surface area contributed by atoms with Crippen LogP contribution in [-0.2, 0) is 0 Å². The molecule has 164 valence electrons. The van der Waals surface area contributed by atoms with Gasteiger partial charge in [0.2, 0.25) is 0 Å². The van der Waals surface area contributed by atoms with Gasteiger partial charge in [0.25, 0.3) is 0 Å². The molecule has 3 rings (SSSR count). The second-order valence-electron chi connectivity index (χ2n) is 7.64. The van der Waals surface area contributed by atoms with Crippen LogP contribution in [-0.4, -0.2) is 32.2 Å². The van der Waals surface area contributed by atoms with Crippen molar-refractivity contribution in [3.05, 3.63) is 83.6 Å². The molecular weight excluding hydrogens is 380 g/mol. The van der Waals surface area contributed by atoms with Crippen LogP contribution in [0, 0.1) is 0 Å². The number of hydrogen-bond acceptors (Lipinski definition) is 4. The molecule has 4 nitrogen and oxygen atoms in total. The average molecular weight is 417 g/mol. The normalized spacial score (nSPS) is 16.0. The van der Waals surface area contributed by atoms with Crippen molar-refractivity contribution in [2.24, 2.45) is 0 Å². The monoisotopic (exact) mass is 416 g/mol. The van der Waals surface area contributed by atoms with Crippen LogP contribution >= 0.6 is 0 Å². The molecule has 1 atom stereocenters. The third-order valence-corrected chi connectivity index (χ3v) is 5.74. The molecule has 0 saturated carbocycles. The van der Waals surface area contributed by atoms with E-state index in [0.717, 1.165) is 31.9 Å². The molecule has 31 heavy (non-hydrogen) atoms. The van der Waals surface area contributed by atoms with Gasteiger partial charge in [0.15, 0.2) is 0 Å². The van der Waals surface area contributed by atoms with Gasteiger partial charge in [0, 0.05) is 43.3 Å². The van der Waals surface area contributed by atoms with E-state index in [2.05, 4.69) is 127 Å². The van der Waals surface area contributed by atoms with Crippen LogP contribution in [0.15, 0.2) is 72.5 Å². The number of benzene rings is 2. The zero-order valence-electron chi connectivity index (χ0n) is 19.3. The van der Waals surface area contributed by atoms with Gasteiger partial charge >= 0.3 is 0 Å². The number of hydrogen-bond donors (Lipinski definition) is 2. The minimum Gasteiger partial charge on any atom is -0.372 e. The fraction of sp³-hybridized carbons (Fsp3) is 0.333. The lowest BCUT2D eigenvalue weighted by atomic mass is 10.1. The number of hydrazine groups is 1. The Balaban J connectivity index is 1.57. The zero-order valence-corrected chi connectivity index (χ0v) is 19.3. The fourth-order valence-electron chi connectivity index (χ4n) is 3.82. The van der Waals surface area contributed by atoms with Gasteiger partial charge in [-0.1, -0.05) is 42.5 Å². The quantitative estimate of drug-likeness (QED) is 0.538. The fourth-order valence-corrected chi connectivity index (χ4v) is 3.82. The maximum atomic E-state index is 3.30. The van der Waals surface area contributed by atoms with Gasteiger partial charge in [0.05, 0.1) is 6.04 Å². The highest BCUT2D eigenvalue weighted by atomic mass is 15.4. The van der Waals surface area contributed by atoms with Crippen molar-refractivity contribution in [3.8, 4) is 0 Å². The summed E-state index contributed by atoms with van der Waals surface area (Å²) in [4.78, 5) is 4.71. The Bertz CT molecular complexity index is 886. The van der Waals surface area contributed by atoms with Gasteiger partial charge in [-0.25, -0.2) is 5.43 Å². The Morgan fingerprint density at radius 3 is 1.65 bits per heavy atom. The lowest BCUT2D eigenvalue weighted by molar-refractivity contribution is 0.648. The van der Waals surface area contributed by atoms with E-state index < -0.39 is 0 Å². The SMILES string of the molecule is CCN(CC)c1ccc(C=CC2=CC(C=Cc3ccc(N(CC)CC)cc3)NN2)cc1. The Morgan fingerprint density at radius 1 is 0.677 bits per heavy atom. The van der Waals surface area contributed by atoms with Crippen molar-refractivity contribution in [2.45, 2.75) is 33.7 Å². The highest BCUT2D eigenvalue weighted by molar-refractivity contribution is 5.59. The van der Waals surface area contributed by atoms with E-state index >= 15 is 0 Å². The number of allylic oxidation sites excluding steroid dienone is 1. The van der Waals surface area contributed by atoms with Crippen molar-refractivity contribution in [1.82, 2.24) is 10.9 Å². The summed E-state index contributed by atoms with van der Waals surface area (Å²) in [5.41, 5.74) is 12.6. The average Bonchev–Trinajstić information content (AvgIpc) is 3.27. The predicted octanol–water partition coefficient (Wildman–Crippen LogP) is 5.47. The summed E-state index contributed by atoms with van der Waals surface area (Å²) in [6.07, 6.45) is 10.8. The molecule has 0 aliphatic carbocycles. The molecule has 0 fully saturated rings. The first-order valence-electron chi connectivity index (χ1n) is 11.5. The van der Waals surface area contributed by atoms with E-state index in [1.807, 2.05) is 0 Å². The van der Waals surface area contributed by atoms with E-state index in [4.69, 9.17) is 0 Å². The Hall–Kier alpha value is -2.98. The lowest BCUT2D eigenvalue weighted by Crippen LogP contribution is -2.30. The Morgan fingerprint density at radius 2 is 1.16 bits per heavy atom. The molecule has 2 N–H and O–H groups in total. The van der Waals surface area contributed by atoms with Crippen molar-refractivity contribution in [1.29, 1.82) is 0 Å². The molecule has 2 aromatic rings. The Labute approximate surface area is 187 Å². The molecule has 1 heterocycles. The van der Waals surface area contributed by atoms with Crippen LogP contribution in [0.5, 0.6) is 0 Å². The number of anilines is 2. The van der Waals surface area contributed by atoms with Crippen molar-refractivity contribution >= 4 is 23.5 Å². The van der Waals surface area contributed by atoms with Gasteiger partial charge in [-0.2, -0.15) is 0 Å². The second kappa shape index (κ2) is 11.4. The molecule has 0 spiro atoms. The minimum absolute atomic E-state index is 0.173. The van der Waals surface area contributed by atoms with Crippen LogP contribution in [0.1, 0.15) is 38.8 Å². The summed E-state index contributed by atoms with van der Waals surface area (Å²) in [6.45, 7) is 12.9. The van der Waals surface area contributed by atoms with Crippen molar-refractivity contribution < 1.29 is 0 Å². The third kappa shape index (κ3) is 6.25. The third-order valence-electron chi connectivity index (χ3n) is 5.74. The van der Waals surface area contributed by atoms with Gasteiger partial charge in [-0.3, -0.25) is 0 Å². The van der Waals surface area contributed by atoms with E-state index in [1.165, 1.54) is 22.5 Å². The zero-order chi connectivity index (χ0) is 22.1. The first-order chi connectivity index (χ1) is 15.2. The van der Waals surface area contributed by atoms with Gasteiger partial charge in [-0.05, 0) is 75.2 Å². The summed E-state index contributed by atoms with van der Waals surface area (Å²) >= 11 is 0. The van der Waals surface area contributed by atoms with Crippen molar-refractivity contribution in [2.75, 3.05) is 36.0 Å². The van der Waals surface area contributed by atoms with Crippen LogP contribution < -0.4 is 20.7 Å². The molecular formula is C27H36N4. The smallest absolute Gasteiger partial charge is 0.0647 e. The molecule has 4 heteroatoms. The standard InChI is InChI=1S/C27H36N4/c1-5-30(6-2)26-17-11-22(12-18-26)9-15-24-21-25(29-28-24)16-10-23-13-19-27(20-14-23)31(7-3)8-4/h9-21,24,28-29H,5-8H2,1-4H3. The highest BCUT2D eigenvalue weighted by Crippen LogP contribution is 2.18. The molecule has 1 aliphatic heterocycles. The van der Waals surface area contributed by atoms with Gasteiger partial charge in [-0.15, -0.1) is 0 Å². The second-order valence-corrected chi connectivity index (χ2v) is 7.64. The topological polar surface area (TPSA) is 30.5 Å². The summed E-state index contributed by atoms with van der Waals surface area (Å²) in [5, 5.41) is 0. The van der Waals surface area contributed by atoms with Gasteiger partial charge in [0.1, 0.15) is 0 Å². The highest BCUT2D eigenvalue weighted by Gasteiger charge is 2.09. The van der Waals surface area contributed by atoms with Crippen LogP contribution in [0.2, 0.25) is 0 Å². The van der Waals surface area contributed by atoms with Crippen molar-refractivity contribution in [3.63, 3.8) is 0 Å². The molecule has 0 radical (unpaired) electrons. The molecule has 0 bridgehead atoms. The first-order valence-corrected chi connectivity index (χ1v) is 11.5. The van der Waals surface area contributed by atoms with E-state index in [-0.39, 0.29) is 6.04 Å². The molecule has 1 unspecified atom stereocenters. The summed E-state index contributed by atoms with van der Waals surface area (Å²) in [6, 6.07) is 17.7. The van der Waals surface area contributed by atoms with E-state index in [0.29, 0.717) is 0 Å². The Kier molecular flexibility index (Phi) is 8.36. The molecule has 0 amide bonds. The maximum absolute atomic E-state index is 3.30. The molecule has 1 aliphatic rings. The first kappa shape index (κ1) is 22.7. The number of nitrogens with one attached hydrogen (secondary N) is 2. The molecule has 2 aromatic carbocycles.